The first-order valence-electron chi connectivity index (χ1n) is 11.8. The Hall–Kier alpha value is -4.17. The first kappa shape index (κ1) is 23.6. The van der Waals surface area contributed by atoms with Crippen molar-refractivity contribution >= 4 is 34.6 Å². The third-order valence-corrected chi connectivity index (χ3v) is 6.71. The summed E-state index contributed by atoms with van der Waals surface area (Å²) in [4.78, 5) is 18.7. The summed E-state index contributed by atoms with van der Waals surface area (Å²) in [5.41, 5.74) is 5.49. The lowest BCUT2D eigenvalue weighted by molar-refractivity contribution is -0.115. The molecule has 0 saturated carbocycles. The van der Waals surface area contributed by atoms with Gasteiger partial charge in [0, 0.05) is 41.6 Å². The molecule has 0 aliphatic carbocycles. The van der Waals surface area contributed by atoms with Crippen molar-refractivity contribution < 1.29 is 9.90 Å². The number of aromatic nitrogens is 2. The summed E-state index contributed by atoms with van der Waals surface area (Å²) in [6.07, 6.45) is 4.21. The van der Waals surface area contributed by atoms with Gasteiger partial charge in [0.25, 0.3) is 0 Å². The second kappa shape index (κ2) is 9.83. The standard InChI is InChI=1S/C28H27N5O2S/c1-3-25(35)30-22-14-11-20(17-18(22)2)33-27(26(31-28(33)36)23-7-4-5-15-29-23)24-8-6-16-32(24)19-9-12-21(34)13-10-19/h4-17,26-27,34H,3H2,1-2H3,(H,30,35)(H,31,36). The number of phenolic OH excluding ortho intramolecular Hbond substituents is 1. The molecule has 8 heteroatoms. The minimum atomic E-state index is -0.202. The minimum Gasteiger partial charge on any atom is -0.508 e. The van der Waals surface area contributed by atoms with Crippen LogP contribution in [0, 0.1) is 6.92 Å². The summed E-state index contributed by atoms with van der Waals surface area (Å²) in [6.45, 7) is 3.81. The molecule has 5 rings (SSSR count). The van der Waals surface area contributed by atoms with Crippen LogP contribution in [0.4, 0.5) is 11.4 Å². The Morgan fingerprint density at radius 1 is 1.08 bits per heavy atom. The number of benzene rings is 2. The molecule has 182 valence electrons. The zero-order valence-electron chi connectivity index (χ0n) is 20.1. The van der Waals surface area contributed by atoms with Crippen molar-refractivity contribution in [3.05, 3.63) is 102 Å². The number of aromatic hydroxyl groups is 1. The molecule has 1 aliphatic heterocycles. The molecule has 0 bridgehead atoms. The number of hydrogen-bond donors (Lipinski definition) is 3. The molecule has 4 aromatic rings. The van der Waals surface area contributed by atoms with E-state index >= 15 is 0 Å². The van der Waals surface area contributed by atoms with E-state index in [0.29, 0.717) is 11.5 Å². The fourth-order valence-corrected chi connectivity index (χ4v) is 4.94. The second-order valence-corrected chi connectivity index (χ2v) is 9.10. The molecule has 2 aromatic carbocycles. The van der Waals surface area contributed by atoms with Gasteiger partial charge in [-0.25, -0.2) is 0 Å². The quantitative estimate of drug-likeness (QED) is 0.309. The fraction of sp³-hybridized carbons (Fsp3) is 0.179. The van der Waals surface area contributed by atoms with Crippen LogP contribution in [0.3, 0.4) is 0 Å². The van der Waals surface area contributed by atoms with Crippen LogP contribution in [0.15, 0.2) is 85.2 Å². The van der Waals surface area contributed by atoms with Crippen molar-refractivity contribution in [2.45, 2.75) is 32.4 Å². The number of hydrogen-bond acceptors (Lipinski definition) is 4. The predicted molar refractivity (Wildman–Crippen MR) is 145 cm³/mol. The van der Waals surface area contributed by atoms with Crippen LogP contribution in [-0.2, 0) is 4.79 Å². The molecule has 2 aromatic heterocycles. The molecule has 1 aliphatic rings. The Bertz CT molecular complexity index is 1400. The third-order valence-electron chi connectivity index (χ3n) is 6.39. The molecule has 0 spiro atoms. The number of amides is 1. The molecule has 1 fully saturated rings. The van der Waals surface area contributed by atoms with Crippen LogP contribution in [-0.4, -0.2) is 25.7 Å². The van der Waals surface area contributed by atoms with Crippen molar-refractivity contribution in [3.8, 4) is 11.4 Å². The summed E-state index contributed by atoms with van der Waals surface area (Å²) in [5.74, 6) is 0.193. The Kier molecular flexibility index (Phi) is 6.43. The average molecular weight is 498 g/mol. The lowest BCUT2D eigenvalue weighted by Crippen LogP contribution is -2.30. The summed E-state index contributed by atoms with van der Waals surface area (Å²) in [6, 6.07) is 22.6. The van der Waals surface area contributed by atoms with Gasteiger partial charge in [0.15, 0.2) is 5.11 Å². The second-order valence-electron chi connectivity index (χ2n) is 8.72. The smallest absolute Gasteiger partial charge is 0.224 e. The number of phenols is 1. The van der Waals surface area contributed by atoms with Gasteiger partial charge >= 0.3 is 0 Å². The molecular formula is C28H27N5O2S. The van der Waals surface area contributed by atoms with Gasteiger partial charge in [0.1, 0.15) is 11.8 Å². The molecule has 3 N–H and O–H groups in total. The predicted octanol–water partition coefficient (Wildman–Crippen LogP) is 5.41. The van der Waals surface area contributed by atoms with Gasteiger partial charge in [-0.15, -0.1) is 0 Å². The van der Waals surface area contributed by atoms with Crippen LogP contribution in [0.25, 0.3) is 5.69 Å². The number of aryl methyl sites for hydroxylation is 1. The van der Waals surface area contributed by atoms with E-state index in [4.69, 9.17) is 12.2 Å². The topological polar surface area (TPSA) is 82.4 Å². The van der Waals surface area contributed by atoms with Gasteiger partial charge in [-0.2, -0.15) is 0 Å². The average Bonchev–Trinajstić information content (AvgIpc) is 3.50. The third kappa shape index (κ3) is 4.43. The zero-order valence-corrected chi connectivity index (χ0v) is 20.9. The van der Waals surface area contributed by atoms with E-state index in [-0.39, 0.29) is 23.7 Å². The largest absolute Gasteiger partial charge is 0.508 e. The number of rotatable bonds is 6. The van der Waals surface area contributed by atoms with Gasteiger partial charge in [0.2, 0.25) is 5.91 Å². The van der Waals surface area contributed by atoms with Crippen molar-refractivity contribution in [1.82, 2.24) is 14.9 Å². The number of carbonyl (C=O) groups is 1. The zero-order chi connectivity index (χ0) is 25.2. The van der Waals surface area contributed by atoms with Crippen molar-refractivity contribution in [1.29, 1.82) is 0 Å². The van der Waals surface area contributed by atoms with E-state index in [1.807, 2.05) is 74.6 Å². The molecule has 7 nitrogen and oxygen atoms in total. The lowest BCUT2D eigenvalue weighted by atomic mass is 10.00. The normalized spacial score (nSPS) is 17.2. The molecule has 36 heavy (non-hydrogen) atoms. The summed E-state index contributed by atoms with van der Waals surface area (Å²) in [7, 11) is 0. The number of nitrogens with zero attached hydrogens (tertiary/aromatic N) is 3. The van der Waals surface area contributed by atoms with E-state index < -0.39 is 0 Å². The molecule has 1 saturated heterocycles. The van der Waals surface area contributed by atoms with E-state index in [1.165, 1.54) is 0 Å². The van der Waals surface area contributed by atoms with E-state index in [1.54, 1.807) is 18.3 Å². The van der Waals surface area contributed by atoms with Crippen molar-refractivity contribution in [3.63, 3.8) is 0 Å². The van der Waals surface area contributed by atoms with Gasteiger partial charge in [-0.05, 0) is 91.4 Å². The summed E-state index contributed by atoms with van der Waals surface area (Å²) < 4.78 is 2.10. The number of nitrogens with one attached hydrogen (secondary N) is 2. The SMILES string of the molecule is CCC(=O)Nc1ccc(N2C(=S)NC(c3ccccn3)C2c2cccn2-c2ccc(O)cc2)cc1C. The number of anilines is 2. The highest BCUT2D eigenvalue weighted by Crippen LogP contribution is 2.43. The minimum absolute atomic E-state index is 0.0240. The van der Waals surface area contributed by atoms with Crippen LogP contribution >= 0.6 is 12.2 Å². The number of carbonyl (C=O) groups excluding carboxylic acids is 1. The number of thiocarbonyl (C=S) groups is 1. The van der Waals surface area contributed by atoms with Crippen LogP contribution in [0.2, 0.25) is 0 Å². The van der Waals surface area contributed by atoms with Crippen LogP contribution in [0.1, 0.15) is 42.4 Å². The van der Waals surface area contributed by atoms with Crippen LogP contribution in [0.5, 0.6) is 5.75 Å². The number of pyridine rings is 1. The Balaban J connectivity index is 1.61. The van der Waals surface area contributed by atoms with Gasteiger partial charge in [-0.1, -0.05) is 13.0 Å². The Morgan fingerprint density at radius 2 is 1.86 bits per heavy atom. The highest BCUT2D eigenvalue weighted by Gasteiger charge is 2.42. The van der Waals surface area contributed by atoms with E-state index in [9.17, 15) is 9.90 Å². The molecule has 1 amide bonds. The maximum Gasteiger partial charge on any atom is 0.224 e. The maximum atomic E-state index is 11.9. The highest BCUT2D eigenvalue weighted by molar-refractivity contribution is 7.80. The molecule has 3 heterocycles. The lowest BCUT2D eigenvalue weighted by Gasteiger charge is -2.29. The summed E-state index contributed by atoms with van der Waals surface area (Å²) >= 11 is 5.87. The van der Waals surface area contributed by atoms with Crippen molar-refractivity contribution in [2.75, 3.05) is 10.2 Å². The summed E-state index contributed by atoms with van der Waals surface area (Å²) in [5, 5.41) is 16.8. The van der Waals surface area contributed by atoms with Gasteiger partial charge < -0.3 is 25.2 Å². The van der Waals surface area contributed by atoms with E-state index in [2.05, 4.69) is 31.2 Å². The van der Waals surface area contributed by atoms with E-state index in [0.717, 1.165) is 34.0 Å². The molecular weight excluding hydrogens is 470 g/mol. The Labute approximate surface area is 215 Å². The van der Waals surface area contributed by atoms with Crippen LogP contribution < -0.4 is 15.5 Å². The highest BCUT2D eigenvalue weighted by atomic mass is 32.1. The Morgan fingerprint density at radius 3 is 2.56 bits per heavy atom. The van der Waals surface area contributed by atoms with Gasteiger partial charge in [-0.3, -0.25) is 9.78 Å². The first-order valence-corrected chi connectivity index (χ1v) is 12.2. The van der Waals surface area contributed by atoms with Gasteiger partial charge in [0.05, 0.1) is 11.7 Å². The monoisotopic (exact) mass is 497 g/mol. The maximum absolute atomic E-state index is 11.9. The fourth-order valence-electron chi connectivity index (χ4n) is 4.59. The molecule has 2 unspecified atom stereocenters. The first-order chi connectivity index (χ1) is 17.5. The molecule has 2 atom stereocenters. The van der Waals surface area contributed by atoms with Crippen molar-refractivity contribution in [2.24, 2.45) is 0 Å². The molecule has 0 radical (unpaired) electrons.